The molecule has 4 unspecified atom stereocenters. The fourth-order valence-electron chi connectivity index (χ4n) is 4.67. The fraction of sp³-hybridized carbons (Fsp3) is 0.750. The summed E-state index contributed by atoms with van der Waals surface area (Å²) in [6.07, 6.45) is 9.21. The topological polar surface area (TPSA) is 82.9 Å². The molecule has 118 valence electrons. The summed E-state index contributed by atoms with van der Waals surface area (Å²) in [7, 11) is 0. The van der Waals surface area contributed by atoms with E-state index in [4.69, 9.17) is 0 Å². The van der Waals surface area contributed by atoms with E-state index >= 15 is 0 Å². The third kappa shape index (κ3) is 2.55. The van der Waals surface area contributed by atoms with Crippen LogP contribution in [0.2, 0.25) is 0 Å². The molecule has 4 aliphatic carbocycles. The van der Waals surface area contributed by atoms with Crippen molar-refractivity contribution in [3.05, 3.63) is 0 Å². The molecule has 0 aromatic rings. The Morgan fingerprint density at radius 2 is 1.23 bits per heavy atom. The molecular formula is C16H22N4O2. The molecule has 0 radical (unpaired) electrons. The Hall–Kier alpha value is -1.72. The molecule has 2 N–H and O–H groups in total. The van der Waals surface area contributed by atoms with Crippen molar-refractivity contribution < 1.29 is 9.59 Å². The Morgan fingerprint density at radius 1 is 0.773 bits per heavy atom. The Kier molecular flexibility index (Phi) is 3.47. The molecule has 2 amide bonds. The van der Waals surface area contributed by atoms with E-state index in [1.807, 2.05) is 0 Å². The van der Waals surface area contributed by atoms with Crippen LogP contribution in [0.15, 0.2) is 10.2 Å². The van der Waals surface area contributed by atoms with Gasteiger partial charge in [-0.05, 0) is 75.0 Å². The Labute approximate surface area is 129 Å². The van der Waals surface area contributed by atoms with Crippen molar-refractivity contribution in [2.75, 3.05) is 0 Å². The first-order valence-corrected chi connectivity index (χ1v) is 8.42. The van der Waals surface area contributed by atoms with Gasteiger partial charge in [0.15, 0.2) is 0 Å². The van der Waals surface area contributed by atoms with E-state index in [1.54, 1.807) is 0 Å². The highest BCUT2D eigenvalue weighted by molar-refractivity contribution is 6.35. The summed E-state index contributed by atoms with van der Waals surface area (Å²) >= 11 is 0. The van der Waals surface area contributed by atoms with Gasteiger partial charge in [-0.3, -0.25) is 9.59 Å². The molecule has 4 fully saturated rings. The van der Waals surface area contributed by atoms with Gasteiger partial charge in [0.25, 0.3) is 0 Å². The number of carbonyl (C=O) groups excluding carboxylic acids is 2. The first kappa shape index (κ1) is 13.9. The highest BCUT2D eigenvalue weighted by Gasteiger charge is 2.37. The zero-order valence-electron chi connectivity index (χ0n) is 12.7. The van der Waals surface area contributed by atoms with Crippen molar-refractivity contribution in [3.8, 4) is 0 Å². The number of hydrogen-bond donors (Lipinski definition) is 2. The molecule has 4 rings (SSSR count). The van der Waals surface area contributed by atoms with Gasteiger partial charge >= 0.3 is 11.8 Å². The average molecular weight is 302 g/mol. The first-order chi connectivity index (χ1) is 10.7. The number of rotatable bonds is 2. The van der Waals surface area contributed by atoms with E-state index in [1.165, 1.54) is 38.5 Å². The molecule has 4 saturated carbocycles. The minimum atomic E-state index is -0.720. The number of carbonyl (C=O) groups is 2. The number of nitrogens with zero attached hydrogens (tertiary/aromatic N) is 2. The second-order valence-electron chi connectivity index (χ2n) is 7.25. The van der Waals surface area contributed by atoms with Crippen LogP contribution in [0, 0.1) is 23.7 Å². The van der Waals surface area contributed by atoms with Crippen LogP contribution in [-0.4, -0.2) is 23.2 Å². The van der Waals surface area contributed by atoms with Gasteiger partial charge in [-0.2, -0.15) is 10.2 Å². The van der Waals surface area contributed by atoms with Gasteiger partial charge < -0.3 is 0 Å². The Bertz CT molecular complexity index is 518. The van der Waals surface area contributed by atoms with Gasteiger partial charge in [0.2, 0.25) is 0 Å². The number of amides is 2. The molecule has 4 aliphatic rings. The number of nitrogens with one attached hydrogen (secondary N) is 2. The number of hydrogen-bond acceptors (Lipinski definition) is 4. The highest BCUT2D eigenvalue weighted by Crippen LogP contribution is 2.43. The van der Waals surface area contributed by atoms with E-state index in [0.717, 1.165) is 36.1 Å². The summed E-state index contributed by atoms with van der Waals surface area (Å²) in [5.74, 6) is 1.06. The van der Waals surface area contributed by atoms with E-state index in [-0.39, 0.29) is 0 Å². The van der Waals surface area contributed by atoms with Gasteiger partial charge in [-0.15, -0.1) is 0 Å². The van der Waals surface area contributed by atoms with E-state index < -0.39 is 11.8 Å². The Morgan fingerprint density at radius 3 is 1.55 bits per heavy atom. The van der Waals surface area contributed by atoms with E-state index in [2.05, 4.69) is 21.1 Å². The van der Waals surface area contributed by atoms with Crippen molar-refractivity contribution in [1.82, 2.24) is 10.9 Å². The monoisotopic (exact) mass is 302 g/mol. The lowest BCUT2D eigenvalue weighted by Gasteiger charge is -2.12. The maximum atomic E-state index is 11.8. The summed E-state index contributed by atoms with van der Waals surface area (Å²) in [6.45, 7) is 0. The molecule has 0 saturated heterocycles. The lowest BCUT2D eigenvalue weighted by Crippen LogP contribution is -2.36. The molecule has 0 aromatic carbocycles. The maximum Gasteiger partial charge on any atom is 0.331 e. The van der Waals surface area contributed by atoms with E-state index in [9.17, 15) is 9.59 Å². The molecule has 6 heteroatoms. The molecular weight excluding hydrogens is 280 g/mol. The SMILES string of the molecule is O=C(NN=C1CC2CCC1C2)C(=O)NN=C1CC2CCC1C2. The van der Waals surface area contributed by atoms with E-state index in [0.29, 0.717) is 11.8 Å². The summed E-state index contributed by atoms with van der Waals surface area (Å²) in [6, 6.07) is 0. The lowest BCUT2D eigenvalue weighted by atomic mass is 9.99. The standard InChI is InChI=1S/C16H22N4O2/c21-15(19-17-13-7-9-1-3-11(13)5-9)16(22)20-18-14-8-10-2-4-12(14)6-10/h9-12H,1-8H2,(H,19,21)(H,20,22). The van der Waals surface area contributed by atoms with Crippen LogP contribution >= 0.6 is 0 Å². The van der Waals surface area contributed by atoms with Crippen molar-refractivity contribution in [2.24, 2.45) is 33.9 Å². The van der Waals surface area contributed by atoms with Gasteiger partial charge in [0.1, 0.15) is 0 Å². The number of fused-ring (bicyclic) bond motifs is 4. The van der Waals surface area contributed by atoms with Crippen LogP contribution in [0.1, 0.15) is 51.4 Å². The Balaban J connectivity index is 1.28. The van der Waals surface area contributed by atoms with Gasteiger partial charge in [-0.25, -0.2) is 10.9 Å². The first-order valence-electron chi connectivity index (χ1n) is 8.42. The van der Waals surface area contributed by atoms with Crippen LogP contribution in [0.25, 0.3) is 0 Å². The average Bonchev–Trinajstić information content (AvgIpc) is 3.30. The molecule has 22 heavy (non-hydrogen) atoms. The van der Waals surface area contributed by atoms with Gasteiger partial charge in [-0.1, -0.05) is 0 Å². The third-order valence-corrected chi connectivity index (χ3v) is 5.83. The summed E-state index contributed by atoms with van der Waals surface area (Å²) in [5, 5.41) is 8.31. The van der Waals surface area contributed by atoms with Crippen molar-refractivity contribution >= 4 is 23.2 Å². The maximum absolute atomic E-state index is 11.8. The molecule has 0 aromatic heterocycles. The zero-order valence-corrected chi connectivity index (χ0v) is 12.7. The molecule has 0 aliphatic heterocycles. The van der Waals surface area contributed by atoms with Crippen molar-refractivity contribution in [1.29, 1.82) is 0 Å². The highest BCUT2D eigenvalue weighted by atomic mass is 16.2. The smallest absolute Gasteiger partial charge is 0.262 e. The number of hydrazone groups is 2. The van der Waals surface area contributed by atoms with Crippen LogP contribution in [0.3, 0.4) is 0 Å². The quantitative estimate of drug-likeness (QED) is 0.599. The minimum absolute atomic E-state index is 0.516. The van der Waals surface area contributed by atoms with Crippen LogP contribution in [0.4, 0.5) is 0 Å². The van der Waals surface area contributed by atoms with Crippen LogP contribution in [0.5, 0.6) is 0 Å². The molecule has 4 atom stereocenters. The second-order valence-corrected chi connectivity index (χ2v) is 7.25. The van der Waals surface area contributed by atoms with Crippen molar-refractivity contribution in [3.63, 3.8) is 0 Å². The predicted octanol–water partition coefficient (Wildman–Crippen LogP) is 1.57. The fourth-order valence-corrected chi connectivity index (χ4v) is 4.67. The summed E-state index contributed by atoms with van der Waals surface area (Å²) < 4.78 is 0. The predicted molar refractivity (Wildman–Crippen MR) is 82.1 cm³/mol. The van der Waals surface area contributed by atoms with Crippen LogP contribution < -0.4 is 10.9 Å². The van der Waals surface area contributed by atoms with Crippen molar-refractivity contribution in [2.45, 2.75) is 51.4 Å². The lowest BCUT2D eigenvalue weighted by molar-refractivity contribution is -0.139. The minimum Gasteiger partial charge on any atom is -0.262 e. The summed E-state index contributed by atoms with van der Waals surface area (Å²) in [4.78, 5) is 23.5. The second kappa shape index (κ2) is 5.48. The largest absolute Gasteiger partial charge is 0.331 e. The molecule has 0 spiro atoms. The molecule has 0 heterocycles. The third-order valence-electron chi connectivity index (χ3n) is 5.83. The van der Waals surface area contributed by atoms with Gasteiger partial charge in [0.05, 0.1) is 0 Å². The normalized spacial score (nSPS) is 38.9. The molecule has 4 bridgehead atoms. The van der Waals surface area contributed by atoms with Crippen LogP contribution in [-0.2, 0) is 9.59 Å². The molecule has 6 nitrogen and oxygen atoms in total. The summed E-state index contributed by atoms with van der Waals surface area (Å²) in [5.41, 5.74) is 6.88. The zero-order chi connectivity index (χ0) is 15.1. The van der Waals surface area contributed by atoms with Gasteiger partial charge in [0, 0.05) is 11.4 Å².